The number of anilines is 2. The number of para-hydroxylation sites is 1. The molecule has 2 amide bonds. The highest BCUT2D eigenvalue weighted by atomic mass is 19.4. The molecule has 1 aliphatic rings. The first-order chi connectivity index (χ1) is 15.2. The number of carbonyl (C=O) groups excluding carboxylic acids is 2. The van der Waals surface area contributed by atoms with Crippen LogP contribution in [0.5, 0.6) is 0 Å². The van der Waals surface area contributed by atoms with E-state index in [0.717, 1.165) is 12.1 Å². The monoisotopic (exact) mass is 438 g/mol. The van der Waals surface area contributed by atoms with E-state index in [4.69, 9.17) is 0 Å². The fraction of sp³-hybridized carbons (Fsp3) is 0.200. The van der Waals surface area contributed by atoms with Gasteiger partial charge in [0.05, 0.1) is 5.56 Å². The van der Waals surface area contributed by atoms with Gasteiger partial charge in [-0.25, -0.2) is 0 Å². The average molecular weight is 438 g/mol. The minimum Gasteiger partial charge on any atom is -0.326 e. The van der Waals surface area contributed by atoms with Gasteiger partial charge in [0, 0.05) is 22.9 Å². The first kappa shape index (κ1) is 21.6. The van der Waals surface area contributed by atoms with Crippen molar-refractivity contribution < 1.29 is 22.8 Å². The zero-order chi connectivity index (χ0) is 22.9. The van der Waals surface area contributed by atoms with Crippen LogP contribution in [0.25, 0.3) is 0 Å². The molecule has 2 atom stereocenters. The number of carbonyl (C=O) groups is 2. The summed E-state index contributed by atoms with van der Waals surface area (Å²) in [6.45, 7) is 1.76. The molecule has 32 heavy (non-hydrogen) atoms. The largest absolute Gasteiger partial charge is 0.416 e. The van der Waals surface area contributed by atoms with Gasteiger partial charge in [0.2, 0.25) is 5.91 Å². The predicted octanol–water partition coefficient (Wildman–Crippen LogP) is 6.01. The van der Waals surface area contributed by atoms with Gasteiger partial charge >= 0.3 is 6.18 Å². The van der Waals surface area contributed by atoms with Gasteiger partial charge < -0.3 is 10.6 Å². The number of halogens is 3. The van der Waals surface area contributed by atoms with Crippen LogP contribution in [-0.2, 0) is 11.0 Å². The standard InChI is InChI=1S/C25H21F3N2O2/c1-15-19(23(31)29-18-6-3-2-4-7-18)8-5-9-22(15)30-24(32)21-14-20(21)16-10-12-17(13-11-16)25(26,27)28/h2-13,20-21H,14H2,1H3,(H,29,31)(H,30,32). The lowest BCUT2D eigenvalue weighted by Gasteiger charge is -2.13. The summed E-state index contributed by atoms with van der Waals surface area (Å²) in [7, 11) is 0. The third kappa shape index (κ3) is 4.66. The second-order valence-electron chi connectivity index (χ2n) is 7.86. The molecule has 3 aromatic carbocycles. The second kappa shape index (κ2) is 8.49. The van der Waals surface area contributed by atoms with Gasteiger partial charge in [-0.05, 0) is 66.8 Å². The quantitative estimate of drug-likeness (QED) is 0.513. The summed E-state index contributed by atoms with van der Waals surface area (Å²) in [6.07, 6.45) is -3.81. The number of rotatable bonds is 5. The summed E-state index contributed by atoms with van der Waals surface area (Å²) in [5.41, 5.74) is 2.30. The van der Waals surface area contributed by atoms with Crippen molar-refractivity contribution in [3.8, 4) is 0 Å². The molecule has 4 nitrogen and oxygen atoms in total. The molecule has 164 valence electrons. The van der Waals surface area contributed by atoms with Crippen molar-refractivity contribution in [2.75, 3.05) is 10.6 Å². The van der Waals surface area contributed by atoms with Gasteiger partial charge in [-0.1, -0.05) is 36.4 Å². The van der Waals surface area contributed by atoms with E-state index in [-0.39, 0.29) is 23.7 Å². The molecule has 2 unspecified atom stereocenters. The fourth-order valence-electron chi connectivity index (χ4n) is 3.73. The summed E-state index contributed by atoms with van der Waals surface area (Å²) in [6, 6.07) is 19.1. The van der Waals surface area contributed by atoms with Crippen LogP contribution < -0.4 is 10.6 Å². The highest BCUT2D eigenvalue weighted by Crippen LogP contribution is 2.48. The molecule has 0 aromatic heterocycles. The molecule has 7 heteroatoms. The molecule has 1 saturated carbocycles. The zero-order valence-electron chi connectivity index (χ0n) is 17.2. The van der Waals surface area contributed by atoms with Crippen LogP contribution in [0.4, 0.5) is 24.5 Å². The average Bonchev–Trinajstić information content (AvgIpc) is 3.56. The topological polar surface area (TPSA) is 58.2 Å². The van der Waals surface area contributed by atoms with E-state index in [1.54, 1.807) is 37.3 Å². The Morgan fingerprint density at radius 2 is 1.56 bits per heavy atom. The molecule has 3 aromatic rings. The van der Waals surface area contributed by atoms with Crippen molar-refractivity contribution in [2.45, 2.75) is 25.4 Å². The van der Waals surface area contributed by atoms with E-state index >= 15 is 0 Å². The van der Waals surface area contributed by atoms with Crippen molar-refractivity contribution in [2.24, 2.45) is 5.92 Å². The van der Waals surface area contributed by atoms with Crippen LogP contribution >= 0.6 is 0 Å². The Morgan fingerprint density at radius 3 is 2.22 bits per heavy atom. The molecule has 4 rings (SSSR count). The number of hydrogen-bond donors (Lipinski definition) is 2. The maximum atomic E-state index is 12.7. The summed E-state index contributed by atoms with van der Waals surface area (Å²) < 4.78 is 38.2. The molecule has 0 saturated heterocycles. The van der Waals surface area contributed by atoms with Crippen LogP contribution in [0.1, 0.15) is 39.4 Å². The highest BCUT2D eigenvalue weighted by molar-refractivity contribution is 6.07. The van der Waals surface area contributed by atoms with E-state index < -0.39 is 11.7 Å². The summed E-state index contributed by atoms with van der Waals surface area (Å²) in [5.74, 6) is -0.910. The smallest absolute Gasteiger partial charge is 0.326 e. The minimum atomic E-state index is -4.38. The fourth-order valence-corrected chi connectivity index (χ4v) is 3.73. The zero-order valence-corrected chi connectivity index (χ0v) is 17.2. The first-order valence-electron chi connectivity index (χ1n) is 10.2. The van der Waals surface area contributed by atoms with E-state index in [1.165, 1.54) is 12.1 Å². The number of nitrogens with one attached hydrogen (secondary N) is 2. The maximum Gasteiger partial charge on any atom is 0.416 e. The summed E-state index contributed by atoms with van der Waals surface area (Å²) in [4.78, 5) is 25.4. The number of benzene rings is 3. The van der Waals surface area contributed by atoms with Crippen LogP contribution in [-0.4, -0.2) is 11.8 Å². The van der Waals surface area contributed by atoms with Gasteiger partial charge in [-0.15, -0.1) is 0 Å². The van der Waals surface area contributed by atoms with Gasteiger partial charge in [0.1, 0.15) is 0 Å². The Labute approximate surface area is 183 Å². The van der Waals surface area contributed by atoms with Gasteiger partial charge in [0.15, 0.2) is 0 Å². The van der Waals surface area contributed by atoms with Gasteiger partial charge in [-0.3, -0.25) is 9.59 Å². The second-order valence-corrected chi connectivity index (χ2v) is 7.86. The normalized spacial score (nSPS) is 17.5. The predicted molar refractivity (Wildman–Crippen MR) is 116 cm³/mol. The number of hydrogen-bond acceptors (Lipinski definition) is 2. The third-order valence-corrected chi connectivity index (χ3v) is 5.66. The molecule has 0 bridgehead atoms. The lowest BCUT2D eigenvalue weighted by molar-refractivity contribution is -0.137. The van der Waals surface area contributed by atoms with Crippen molar-refractivity contribution in [1.29, 1.82) is 0 Å². The Morgan fingerprint density at radius 1 is 0.875 bits per heavy atom. The highest BCUT2D eigenvalue weighted by Gasteiger charge is 2.44. The van der Waals surface area contributed by atoms with Crippen LogP contribution in [0.2, 0.25) is 0 Å². The third-order valence-electron chi connectivity index (χ3n) is 5.66. The maximum absolute atomic E-state index is 12.7. The Kier molecular flexibility index (Phi) is 5.74. The molecule has 1 fully saturated rings. The van der Waals surface area contributed by atoms with Crippen LogP contribution in [0.3, 0.4) is 0 Å². The van der Waals surface area contributed by atoms with Crippen LogP contribution in [0, 0.1) is 12.8 Å². The van der Waals surface area contributed by atoms with Crippen molar-refractivity contribution in [3.05, 3.63) is 95.1 Å². The first-order valence-corrected chi connectivity index (χ1v) is 10.2. The lowest BCUT2D eigenvalue weighted by atomic mass is 10.0. The molecule has 0 aliphatic heterocycles. The lowest BCUT2D eigenvalue weighted by Crippen LogP contribution is -2.18. The Hall–Kier alpha value is -3.61. The van der Waals surface area contributed by atoms with E-state index in [9.17, 15) is 22.8 Å². The van der Waals surface area contributed by atoms with E-state index in [2.05, 4.69) is 10.6 Å². The van der Waals surface area contributed by atoms with Gasteiger partial charge in [-0.2, -0.15) is 13.2 Å². The van der Waals surface area contributed by atoms with Crippen molar-refractivity contribution >= 4 is 23.2 Å². The molecule has 0 heterocycles. The molecular formula is C25H21F3N2O2. The van der Waals surface area contributed by atoms with E-state index in [0.29, 0.717) is 34.5 Å². The SMILES string of the molecule is Cc1c(NC(=O)C2CC2c2ccc(C(F)(F)F)cc2)cccc1C(=O)Nc1ccccc1. The molecule has 0 radical (unpaired) electrons. The molecule has 1 aliphatic carbocycles. The summed E-state index contributed by atoms with van der Waals surface area (Å²) in [5, 5.41) is 5.69. The van der Waals surface area contributed by atoms with E-state index in [1.807, 2.05) is 18.2 Å². The summed E-state index contributed by atoms with van der Waals surface area (Å²) >= 11 is 0. The molecular weight excluding hydrogens is 417 g/mol. The minimum absolute atomic E-state index is 0.109. The van der Waals surface area contributed by atoms with Crippen LogP contribution in [0.15, 0.2) is 72.8 Å². The van der Waals surface area contributed by atoms with Crippen molar-refractivity contribution in [3.63, 3.8) is 0 Å². The van der Waals surface area contributed by atoms with Gasteiger partial charge in [0.25, 0.3) is 5.91 Å². The number of alkyl halides is 3. The number of amides is 2. The molecule has 0 spiro atoms. The Bertz CT molecular complexity index is 1140. The molecule has 2 N–H and O–H groups in total. The Balaban J connectivity index is 1.42. The van der Waals surface area contributed by atoms with Crippen molar-refractivity contribution in [1.82, 2.24) is 0 Å².